The van der Waals surface area contributed by atoms with Gasteiger partial charge >= 0.3 is 0 Å². The standard InChI is InChI=1S/C78H74BN3OS/c1-73(2)36-38-75(5,6)55-45-63-58(43-53(55)73)79-59-44-54-56(76(7,8)39-37-74(54,3)4)46-64(59)81(62-28-20-26-51-50-24-14-16-29-67(50)83-72(51)62)66-42-49(41-65(71(66)79)80(63)61-27-21-31-69-70(61)52-25-15-17-30-68(52)84-69)82-60-33-32-48(47-22-12-11-13-23-47)40-57(60)77(9)34-18-19-35-78(77,82)10/h11-17,20-33,40-46H,18-19,34-39H2,1-10H3. The second-order valence-corrected chi connectivity index (χ2v) is 30.3. The van der Waals surface area contributed by atoms with Gasteiger partial charge in [-0.2, -0.15) is 0 Å². The molecule has 3 aliphatic heterocycles. The molecule has 0 saturated heterocycles. The number of fused-ring (bicyclic) bond motifs is 15. The average molecular weight is 1110 g/mol. The molecule has 6 heteroatoms. The summed E-state index contributed by atoms with van der Waals surface area (Å²) in [5, 5.41) is 4.93. The third-order valence-corrected chi connectivity index (χ3v) is 23.8. The van der Waals surface area contributed by atoms with E-state index in [1.54, 1.807) is 0 Å². The highest BCUT2D eigenvalue weighted by Gasteiger charge is 2.59. The maximum absolute atomic E-state index is 7.25. The number of rotatable bonds is 4. The van der Waals surface area contributed by atoms with Crippen LogP contribution in [0, 0.1) is 0 Å². The molecule has 11 aromatic rings. The molecular formula is C78H74BN3OS. The van der Waals surface area contributed by atoms with Gasteiger partial charge in [-0.3, -0.25) is 0 Å². The predicted molar refractivity (Wildman–Crippen MR) is 359 cm³/mol. The van der Waals surface area contributed by atoms with Gasteiger partial charge in [-0.1, -0.05) is 178 Å². The Morgan fingerprint density at radius 3 is 1.63 bits per heavy atom. The molecule has 1 fully saturated rings. The number of nitrogens with zero attached hydrogens (tertiary/aromatic N) is 3. The molecule has 0 N–H and O–H groups in total. The zero-order chi connectivity index (χ0) is 57.2. The molecule has 1 saturated carbocycles. The van der Waals surface area contributed by atoms with Crippen molar-refractivity contribution < 1.29 is 4.42 Å². The maximum Gasteiger partial charge on any atom is 0.252 e. The fraction of sp³-hybridized carbons (Fsp3) is 0.308. The largest absolute Gasteiger partial charge is 0.454 e. The minimum Gasteiger partial charge on any atom is -0.454 e. The molecule has 5 heterocycles. The normalized spacial score (nSPS) is 21.9. The lowest BCUT2D eigenvalue weighted by molar-refractivity contribution is 0.195. The lowest BCUT2D eigenvalue weighted by Crippen LogP contribution is -2.62. The summed E-state index contributed by atoms with van der Waals surface area (Å²) in [6.07, 6.45) is 9.22. The number of benzene rings is 9. The fourth-order valence-corrected chi connectivity index (χ4v) is 18.7. The van der Waals surface area contributed by atoms with E-state index in [1.807, 2.05) is 11.3 Å². The van der Waals surface area contributed by atoms with Crippen molar-refractivity contribution in [1.82, 2.24) is 0 Å². The van der Waals surface area contributed by atoms with E-state index < -0.39 is 0 Å². The summed E-state index contributed by atoms with van der Waals surface area (Å²) in [6, 6.07) is 66.5. The lowest BCUT2D eigenvalue weighted by atomic mass is 9.32. The smallest absolute Gasteiger partial charge is 0.252 e. The Kier molecular flexibility index (Phi) is 10.4. The van der Waals surface area contributed by atoms with Crippen LogP contribution in [0.2, 0.25) is 0 Å². The van der Waals surface area contributed by atoms with Gasteiger partial charge < -0.3 is 19.1 Å². The molecule has 6 aliphatic rings. The van der Waals surface area contributed by atoms with Crippen LogP contribution in [0.1, 0.15) is 148 Å². The highest BCUT2D eigenvalue weighted by Crippen LogP contribution is 2.63. The third-order valence-electron chi connectivity index (χ3n) is 22.7. The molecule has 2 aromatic heterocycles. The minimum absolute atomic E-state index is 0.00476. The quantitative estimate of drug-likeness (QED) is 0.164. The van der Waals surface area contributed by atoms with Gasteiger partial charge in [-0.25, -0.2) is 0 Å². The number of hydrogen-bond donors (Lipinski definition) is 0. The predicted octanol–water partition coefficient (Wildman–Crippen LogP) is 20.1. The van der Waals surface area contributed by atoms with Crippen LogP contribution in [-0.4, -0.2) is 12.3 Å². The van der Waals surface area contributed by atoms with Gasteiger partial charge in [0.05, 0.1) is 16.9 Å². The van der Waals surface area contributed by atoms with E-state index in [2.05, 4.69) is 254 Å². The molecule has 0 bridgehead atoms. The van der Waals surface area contributed by atoms with Crippen molar-refractivity contribution in [3.63, 3.8) is 0 Å². The van der Waals surface area contributed by atoms with Crippen LogP contribution in [-0.2, 0) is 27.1 Å². The zero-order valence-electron chi connectivity index (χ0n) is 50.6. The second-order valence-electron chi connectivity index (χ2n) is 29.2. The second kappa shape index (κ2) is 17.1. The van der Waals surface area contributed by atoms with Gasteiger partial charge in [0.15, 0.2) is 5.58 Å². The van der Waals surface area contributed by atoms with E-state index in [1.165, 1.54) is 128 Å². The maximum atomic E-state index is 7.25. The Labute approximate surface area is 500 Å². The summed E-state index contributed by atoms with van der Waals surface area (Å²) in [7, 11) is 0. The van der Waals surface area contributed by atoms with Crippen LogP contribution >= 0.6 is 11.3 Å². The molecule has 9 aromatic carbocycles. The van der Waals surface area contributed by atoms with Crippen molar-refractivity contribution in [3.8, 4) is 11.1 Å². The molecular weight excluding hydrogens is 1040 g/mol. The SMILES string of the molecule is CC1(C)CCC(C)(C)c2cc3c(cc21)B1c2cc4c(cc2N(c2cccc5sc6ccccc6c25)c2cc(N5c6ccc(-c7ccccc7)cc6C6(C)CCCCC56C)cc(c21)N3c1cccc2c1oc1ccccc12)C(C)(C)CCC4(C)C. The molecule has 0 amide bonds. The Balaban J connectivity index is 1.05. The Hall–Kier alpha value is -7.54. The molecule has 17 rings (SSSR count). The van der Waals surface area contributed by atoms with Gasteiger partial charge in [-0.05, 0) is 189 Å². The van der Waals surface area contributed by atoms with Crippen molar-refractivity contribution >= 4 is 122 Å². The molecule has 3 aliphatic carbocycles. The molecule has 2 atom stereocenters. The number of furan rings is 1. The van der Waals surface area contributed by atoms with E-state index in [9.17, 15) is 0 Å². The van der Waals surface area contributed by atoms with Crippen molar-refractivity contribution in [2.75, 3.05) is 14.7 Å². The molecule has 0 spiro atoms. The van der Waals surface area contributed by atoms with Crippen LogP contribution in [0.25, 0.3) is 53.2 Å². The molecule has 0 radical (unpaired) electrons. The lowest BCUT2D eigenvalue weighted by Gasteiger charge is -2.51. The van der Waals surface area contributed by atoms with E-state index in [0.717, 1.165) is 66.2 Å². The zero-order valence-corrected chi connectivity index (χ0v) is 51.4. The Morgan fingerprint density at radius 1 is 0.405 bits per heavy atom. The number of hydrogen-bond acceptors (Lipinski definition) is 5. The summed E-state index contributed by atoms with van der Waals surface area (Å²) in [6.45, 7) is 25.2. The molecule has 84 heavy (non-hydrogen) atoms. The number of anilines is 8. The van der Waals surface area contributed by atoms with E-state index in [0.29, 0.717) is 0 Å². The van der Waals surface area contributed by atoms with Gasteiger partial charge in [0, 0.05) is 70.5 Å². The summed E-state index contributed by atoms with van der Waals surface area (Å²) < 4.78 is 9.88. The average Bonchev–Trinajstić information content (AvgIpc) is 1.15. The van der Waals surface area contributed by atoms with Crippen molar-refractivity contribution in [3.05, 3.63) is 198 Å². The molecule has 4 nitrogen and oxygen atoms in total. The first-order valence-corrected chi connectivity index (χ1v) is 32.1. The van der Waals surface area contributed by atoms with Crippen LogP contribution in [0.4, 0.5) is 45.5 Å². The Morgan fingerprint density at radius 2 is 0.952 bits per heavy atom. The van der Waals surface area contributed by atoms with Gasteiger partial charge in [-0.15, -0.1) is 11.3 Å². The fourth-order valence-electron chi connectivity index (χ4n) is 17.5. The van der Waals surface area contributed by atoms with Crippen LogP contribution < -0.4 is 31.1 Å². The molecule has 2 unspecified atom stereocenters. The minimum atomic E-state index is -0.219. The van der Waals surface area contributed by atoms with Crippen molar-refractivity contribution in [2.45, 2.75) is 153 Å². The summed E-state index contributed by atoms with van der Waals surface area (Å²) in [4.78, 5) is 8.33. The highest BCUT2D eigenvalue weighted by atomic mass is 32.1. The Bertz CT molecular complexity index is 4650. The number of para-hydroxylation sites is 2. The first-order valence-electron chi connectivity index (χ1n) is 31.3. The first kappa shape index (κ1) is 50.9. The van der Waals surface area contributed by atoms with Crippen LogP contribution in [0.15, 0.2) is 174 Å². The van der Waals surface area contributed by atoms with Crippen molar-refractivity contribution in [2.24, 2.45) is 0 Å². The van der Waals surface area contributed by atoms with E-state index >= 15 is 0 Å². The van der Waals surface area contributed by atoms with Gasteiger partial charge in [0.1, 0.15) is 5.58 Å². The summed E-state index contributed by atoms with van der Waals surface area (Å²) in [5.74, 6) is 0. The van der Waals surface area contributed by atoms with Crippen molar-refractivity contribution in [1.29, 1.82) is 0 Å². The van der Waals surface area contributed by atoms with Crippen LogP contribution in [0.3, 0.4) is 0 Å². The molecule has 416 valence electrons. The van der Waals surface area contributed by atoms with Gasteiger partial charge in [0.25, 0.3) is 6.71 Å². The van der Waals surface area contributed by atoms with Crippen LogP contribution in [0.5, 0.6) is 0 Å². The van der Waals surface area contributed by atoms with E-state index in [-0.39, 0.29) is 39.3 Å². The van der Waals surface area contributed by atoms with Gasteiger partial charge in [0.2, 0.25) is 0 Å². The first-order chi connectivity index (χ1) is 40.4. The summed E-state index contributed by atoms with van der Waals surface area (Å²) >= 11 is 1.92. The monoisotopic (exact) mass is 1110 g/mol. The highest BCUT2D eigenvalue weighted by molar-refractivity contribution is 7.26. The number of thiophene rings is 1. The topological polar surface area (TPSA) is 22.9 Å². The third kappa shape index (κ3) is 6.78. The summed E-state index contributed by atoms with van der Waals surface area (Å²) in [5.41, 5.74) is 25.5. The van der Waals surface area contributed by atoms with E-state index in [4.69, 9.17) is 4.42 Å².